The molecule has 11 heavy (non-hydrogen) atoms. The Hall–Kier alpha value is 0.210. The van der Waals surface area contributed by atoms with E-state index in [1.807, 2.05) is 6.92 Å². The van der Waals surface area contributed by atoms with Crippen molar-refractivity contribution in [3.8, 4) is 0 Å². The van der Waals surface area contributed by atoms with Crippen LogP contribution in [-0.2, 0) is 4.74 Å². The molecule has 0 aliphatic carbocycles. The van der Waals surface area contributed by atoms with Gasteiger partial charge in [0.1, 0.15) is 0 Å². The van der Waals surface area contributed by atoms with Gasteiger partial charge in [-0.3, -0.25) is 0 Å². The van der Waals surface area contributed by atoms with Crippen LogP contribution in [0, 0.1) is 0 Å². The van der Waals surface area contributed by atoms with E-state index in [-0.39, 0.29) is 5.38 Å². The van der Waals surface area contributed by atoms with E-state index in [4.69, 9.17) is 16.3 Å². The molecule has 2 atom stereocenters. The molecule has 2 nitrogen and oxygen atoms in total. The minimum atomic E-state index is 0.261. The Morgan fingerprint density at radius 3 is 2.55 bits per heavy atom. The molecule has 0 aliphatic rings. The zero-order valence-electron chi connectivity index (χ0n) is 7.56. The number of rotatable bonds is 6. The van der Waals surface area contributed by atoms with Crippen LogP contribution in [0.1, 0.15) is 20.3 Å². The molecule has 0 amide bonds. The third-order valence-corrected chi connectivity index (χ3v) is 1.67. The first kappa shape index (κ1) is 11.2. The quantitative estimate of drug-likeness (QED) is 0.626. The van der Waals surface area contributed by atoms with Gasteiger partial charge in [-0.25, -0.2) is 0 Å². The Kier molecular flexibility index (Phi) is 7.02. The highest BCUT2D eigenvalue weighted by atomic mass is 35.5. The molecule has 0 aromatic heterocycles. The van der Waals surface area contributed by atoms with Gasteiger partial charge in [-0.1, -0.05) is 0 Å². The molecule has 0 spiro atoms. The van der Waals surface area contributed by atoms with Crippen LogP contribution < -0.4 is 5.32 Å². The molecule has 68 valence electrons. The number of methoxy groups -OCH3 is 1. The maximum absolute atomic E-state index is 5.77. The van der Waals surface area contributed by atoms with E-state index in [0.29, 0.717) is 6.04 Å². The molecule has 0 saturated carbocycles. The first-order valence-electron chi connectivity index (χ1n) is 4.03. The van der Waals surface area contributed by atoms with Gasteiger partial charge in [0, 0.05) is 18.5 Å². The third kappa shape index (κ3) is 8.11. The normalized spacial score (nSPS) is 16.4. The lowest BCUT2D eigenvalue weighted by Crippen LogP contribution is -2.31. The summed E-state index contributed by atoms with van der Waals surface area (Å²) in [5.41, 5.74) is 0. The predicted octanol–water partition coefficient (Wildman–Crippen LogP) is 1.63. The van der Waals surface area contributed by atoms with Gasteiger partial charge in [-0.15, -0.1) is 11.6 Å². The molecule has 0 aromatic rings. The average Bonchev–Trinajstić information content (AvgIpc) is 1.87. The van der Waals surface area contributed by atoms with Gasteiger partial charge in [0.15, 0.2) is 0 Å². The summed E-state index contributed by atoms with van der Waals surface area (Å²) >= 11 is 5.77. The van der Waals surface area contributed by atoms with E-state index in [1.165, 1.54) is 0 Å². The van der Waals surface area contributed by atoms with Crippen molar-refractivity contribution in [3.63, 3.8) is 0 Å². The zero-order chi connectivity index (χ0) is 8.69. The van der Waals surface area contributed by atoms with E-state index in [2.05, 4.69) is 12.2 Å². The minimum Gasteiger partial charge on any atom is -0.383 e. The number of nitrogens with one attached hydrogen (secondary N) is 1. The van der Waals surface area contributed by atoms with Gasteiger partial charge < -0.3 is 10.1 Å². The molecular weight excluding hydrogens is 162 g/mol. The molecule has 0 heterocycles. The van der Waals surface area contributed by atoms with E-state index in [0.717, 1.165) is 19.6 Å². The Balaban J connectivity index is 3.10. The minimum absolute atomic E-state index is 0.261. The van der Waals surface area contributed by atoms with Gasteiger partial charge in [0.05, 0.1) is 6.61 Å². The standard InChI is InChI=1S/C8H18ClNO/c1-7(9)4-5-10-8(2)6-11-3/h7-8,10H,4-6H2,1-3H3. The molecule has 2 unspecified atom stereocenters. The molecule has 0 radical (unpaired) electrons. The molecule has 0 aromatic carbocycles. The second-order valence-corrected chi connectivity index (χ2v) is 3.63. The molecule has 0 fully saturated rings. The SMILES string of the molecule is COCC(C)NCCC(C)Cl. The fraction of sp³-hybridized carbons (Fsp3) is 1.00. The number of hydrogen-bond donors (Lipinski definition) is 1. The summed E-state index contributed by atoms with van der Waals surface area (Å²) in [6.07, 6.45) is 1.01. The van der Waals surface area contributed by atoms with Crippen LogP contribution in [0.4, 0.5) is 0 Å². The van der Waals surface area contributed by atoms with Crippen molar-refractivity contribution in [1.29, 1.82) is 0 Å². The largest absolute Gasteiger partial charge is 0.383 e. The van der Waals surface area contributed by atoms with Crippen LogP contribution in [0.25, 0.3) is 0 Å². The second-order valence-electron chi connectivity index (χ2n) is 2.88. The molecular formula is C8H18ClNO. The number of ether oxygens (including phenoxy) is 1. The summed E-state index contributed by atoms with van der Waals surface area (Å²) in [6.45, 7) is 5.83. The molecule has 3 heteroatoms. The van der Waals surface area contributed by atoms with E-state index in [1.54, 1.807) is 7.11 Å². The summed E-state index contributed by atoms with van der Waals surface area (Å²) in [5.74, 6) is 0. The molecule has 0 rings (SSSR count). The Morgan fingerprint density at radius 1 is 1.45 bits per heavy atom. The van der Waals surface area contributed by atoms with Crippen LogP contribution in [0.2, 0.25) is 0 Å². The molecule has 0 bridgehead atoms. The van der Waals surface area contributed by atoms with Crippen molar-refractivity contribution in [2.75, 3.05) is 20.3 Å². The van der Waals surface area contributed by atoms with Crippen molar-refractivity contribution >= 4 is 11.6 Å². The third-order valence-electron chi connectivity index (χ3n) is 1.45. The number of hydrogen-bond acceptors (Lipinski definition) is 2. The smallest absolute Gasteiger partial charge is 0.0613 e. The lowest BCUT2D eigenvalue weighted by atomic mass is 10.3. The van der Waals surface area contributed by atoms with Gasteiger partial charge in [0.25, 0.3) is 0 Å². The lowest BCUT2D eigenvalue weighted by Gasteiger charge is -2.12. The first-order valence-corrected chi connectivity index (χ1v) is 4.47. The maximum Gasteiger partial charge on any atom is 0.0613 e. The van der Waals surface area contributed by atoms with Gasteiger partial charge in [0.2, 0.25) is 0 Å². The van der Waals surface area contributed by atoms with Crippen molar-refractivity contribution in [2.24, 2.45) is 0 Å². The van der Waals surface area contributed by atoms with Crippen LogP contribution >= 0.6 is 11.6 Å². The molecule has 0 aliphatic heterocycles. The predicted molar refractivity (Wildman–Crippen MR) is 49.3 cm³/mol. The van der Waals surface area contributed by atoms with E-state index >= 15 is 0 Å². The number of alkyl halides is 1. The summed E-state index contributed by atoms with van der Waals surface area (Å²) in [5, 5.41) is 3.57. The van der Waals surface area contributed by atoms with Gasteiger partial charge in [-0.05, 0) is 26.8 Å². The highest BCUT2D eigenvalue weighted by molar-refractivity contribution is 6.20. The van der Waals surface area contributed by atoms with Gasteiger partial charge in [-0.2, -0.15) is 0 Å². The van der Waals surface area contributed by atoms with Crippen molar-refractivity contribution in [2.45, 2.75) is 31.7 Å². The first-order chi connectivity index (χ1) is 5.16. The van der Waals surface area contributed by atoms with E-state index < -0.39 is 0 Å². The second kappa shape index (κ2) is 6.89. The summed E-state index contributed by atoms with van der Waals surface area (Å²) in [7, 11) is 1.71. The fourth-order valence-electron chi connectivity index (χ4n) is 0.838. The average molecular weight is 180 g/mol. The Bertz CT molecular complexity index is 88.2. The summed E-state index contributed by atoms with van der Waals surface area (Å²) < 4.78 is 4.97. The molecule has 0 saturated heterocycles. The summed E-state index contributed by atoms with van der Waals surface area (Å²) in [4.78, 5) is 0. The van der Waals surface area contributed by atoms with Crippen molar-refractivity contribution in [1.82, 2.24) is 5.32 Å². The van der Waals surface area contributed by atoms with Crippen LogP contribution in [0.15, 0.2) is 0 Å². The van der Waals surface area contributed by atoms with Crippen LogP contribution in [0.3, 0.4) is 0 Å². The topological polar surface area (TPSA) is 21.3 Å². The maximum atomic E-state index is 5.77. The number of halogens is 1. The lowest BCUT2D eigenvalue weighted by molar-refractivity contribution is 0.172. The summed E-state index contributed by atoms with van der Waals surface area (Å²) in [6, 6.07) is 0.426. The highest BCUT2D eigenvalue weighted by Gasteiger charge is 2.00. The van der Waals surface area contributed by atoms with Gasteiger partial charge >= 0.3 is 0 Å². The van der Waals surface area contributed by atoms with Crippen molar-refractivity contribution < 1.29 is 4.74 Å². The Morgan fingerprint density at radius 2 is 2.09 bits per heavy atom. The van der Waals surface area contributed by atoms with E-state index in [9.17, 15) is 0 Å². The molecule has 1 N–H and O–H groups in total. The zero-order valence-corrected chi connectivity index (χ0v) is 8.32. The van der Waals surface area contributed by atoms with Crippen LogP contribution in [0.5, 0.6) is 0 Å². The monoisotopic (exact) mass is 179 g/mol. The van der Waals surface area contributed by atoms with Crippen molar-refractivity contribution in [3.05, 3.63) is 0 Å². The Labute approximate surface area is 74.3 Å². The highest BCUT2D eigenvalue weighted by Crippen LogP contribution is 1.97. The fourth-order valence-corrected chi connectivity index (χ4v) is 0.947. The van der Waals surface area contributed by atoms with Crippen LogP contribution in [-0.4, -0.2) is 31.7 Å².